The molecule has 96 valence electrons. The molecule has 0 radical (unpaired) electrons. The minimum atomic E-state index is -0.291. The molecule has 1 rings (SSSR count). The van der Waals surface area contributed by atoms with Crippen molar-refractivity contribution in [1.29, 1.82) is 0 Å². The van der Waals surface area contributed by atoms with Crippen molar-refractivity contribution in [3.05, 3.63) is 11.7 Å². The lowest BCUT2D eigenvalue weighted by molar-refractivity contribution is -0.120. The minimum Gasteiger partial charge on any atom is -0.339 e. The molecule has 0 fully saturated rings. The Bertz CT molecular complexity index is 382. The van der Waals surface area contributed by atoms with Crippen molar-refractivity contribution in [3.8, 4) is 0 Å². The van der Waals surface area contributed by atoms with E-state index in [1.807, 2.05) is 6.92 Å². The molecule has 1 aromatic heterocycles. The summed E-state index contributed by atoms with van der Waals surface area (Å²) in [7, 11) is 0. The third kappa shape index (κ3) is 4.50. The molecule has 0 bridgehead atoms. The second-order valence-corrected chi connectivity index (χ2v) is 6.79. The maximum atomic E-state index is 11.5. The van der Waals surface area contributed by atoms with Crippen LogP contribution >= 0.6 is 11.8 Å². The fraction of sp³-hybridized carbons (Fsp3) is 0.750. The van der Waals surface area contributed by atoms with E-state index in [-0.39, 0.29) is 16.4 Å². The van der Waals surface area contributed by atoms with E-state index >= 15 is 0 Å². The van der Waals surface area contributed by atoms with Crippen LogP contribution in [0.5, 0.6) is 0 Å². The number of carbonyl (C=O) groups is 1. The fourth-order valence-electron chi connectivity index (χ4n) is 1.23. The van der Waals surface area contributed by atoms with Crippen LogP contribution in [0.15, 0.2) is 4.52 Å². The number of nitrogens with zero attached hydrogens (tertiary/aromatic N) is 2. The van der Waals surface area contributed by atoms with Crippen LogP contribution < -0.4 is 0 Å². The topological polar surface area (TPSA) is 56.0 Å². The molecule has 0 saturated carbocycles. The molecule has 0 aromatic carbocycles. The molecule has 0 N–H and O–H groups in total. The molecular formula is C12H20N2O2S. The number of ketones is 1. The van der Waals surface area contributed by atoms with Crippen molar-refractivity contribution >= 4 is 17.5 Å². The lowest BCUT2D eigenvalue weighted by atomic mass is 10.1. The van der Waals surface area contributed by atoms with Crippen LogP contribution in [0.1, 0.15) is 58.7 Å². The molecule has 1 aromatic rings. The smallest absolute Gasteiger partial charge is 0.236 e. The molecule has 0 spiro atoms. The summed E-state index contributed by atoms with van der Waals surface area (Å²) in [5, 5.41) is 3.90. The van der Waals surface area contributed by atoms with Crippen molar-refractivity contribution in [2.24, 2.45) is 0 Å². The van der Waals surface area contributed by atoms with Crippen molar-refractivity contribution in [2.75, 3.05) is 0 Å². The molecule has 0 amide bonds. The fourth-order valence-corrected chi connectivity index (χ4v) is 1.91. The Morgan fingerprint density at radius 3 is 2.65 bits per heavy atom. The van der Waals surface area contributed by atoms with Crippen LogP contribution in [0, 0.1) is 0 Å². The highest BCUT2D eigenvalue weighted by molar-refractivity contribution is 7.99. The number of carbonyl (C=O) groups excluding carboxylic acids is 1. The Labute approximate surface area is 107 Å². The number of aromatic nitrogens is 2. The molecule has 0 aliphatic rings. The summed E-state index contributed by atoms with van der Waals surface area (Å²) in [6.45, 7) is 10.1. The van der Waals surface area contributed by atoms with Gasteiger partial charge in [0.1, 0.15) is 5.78 Å². The van der Waals surface area contributed by atoms with Gasteiger partial charge in [-0.15, -0.1) is 11.8 Å². The van der Waals surface area contributed by atoms with Crippen molar-refractivity contribution in [3.63, 3.8) is 0 Å². The van der Waals surface area contributed by atoms with Gasteiger partial charge in [0, 0.05) is 11.2 Å². The van der Waals surface area contributed by atoms with Gasteiger partial charge in [-0.1, -0.05) is 32.9 Å². The zero-order valence-corrected chi connectivity index (χ0v) is 11.9. The van der Waals surface area contributed by atoms with E-state index < -0.39 is 0 Å². The van der Waals surface area contributed by atoms with Crippen LogP contribution in [0.3, 0.4) is 0 Å². The maximum absolute atomic E-state index is 11.5. The highest BCUT2D eigenvalue weighted by Gasteiger charge is 2.21. The van der Waals surface area contributed by atoms with Crippen LogP contribution in [-0.4, -0.2) is 20.7 Å². The molecule has 1 unspecified atom stereocenters. The van der Waals surface area contributed by atoms with Crippen molar-refractivity contribution in [1.82, 2.24) is 10.1 Å². The average Bonchev–Trinajstić information content (AvgIpc) is 2.72. The molecule has 1 heterocycles. The zero-order chi connectivity index (χ0) is 13.1. The third-order valence-electron chi connectivity index (χ3n) is 2.32. The summed E-state index contributed by atoms with van der Waals surface area (Å²) in [6, 6.07) is 0. The van der Waals surface area contributed by atoms with Crippen LogP contribution in [0.2, 0.25) is 0 Å². The van der Waals surface area contributed by atoms with Gasteiger partial charge in [-0.2, -0.15) is 4.98 Å². The number of hydrogen-bond donors (Lipinski definition) is 0. The second-order valence-electron chi connectivity index (χ2n) is 4.99. The molecule has 1 atom stereocenters. The Hall–Kier alpha value is -0.840. The van der Waals surface area contributed by atoms with Gasteiger partial charge in [-0.05, 0) is 6.92 Å². The summed E-state index contributed by atoms with van der Waals surface area (Å²) in [4.78, 5) is 15.8. The molecule has 17 heavy (non-hydrogen) atoms. The summed E-state index contributed by atoms with van der Waals surface area (Å²) < 4.78 is 5.29. The number of hydrogen-bond acceptors (Lipinski definition) is 5. The van der Waals surface area contributed by atoms with Crippen molar-refractivity contribution < 1.29 is 9.32 Å². The normalized spacial score (nSPS) is 13.7. The van der Waals surface area contributed by atoms with Gasteiger partial charge in [-0.3, -0.25) is 4.79 Å². The maximum Gasteiger partial charge on any atom is 0.236 e. The van der Waals surface area contributed by atoms with E-state index in [2.05, 4.69) is 30.9 Å². The van der Waals surface area contributed by atoms with E-state index in [9.17, 15) is 4.79 Å². The summed E-state index contributed by atoms with van der Waals surface area (Å²) in [5.74, 6) is 1.64. The average molecular weight is 256 g/mol. The molecule has 0 saturated heterocycles. The lowest BCUT2D eigenvalue weighted by Gasteiger charge is -2.15. The highest BCUT2D eigenvalue weighted by atomic mass is 32.2. The minimum absolute atomic E-state index is 0.128. The number of thioether (sulfide) groups is 1. The largest absolute Gasteiger partial charge is 0.339 e. The molecular weight excluding hydrogens is 236 g/mol. The second kappa shape index (κ2) is 5.67. The van der Waals surface area contributed by atoms with Gasteiger partial charge in [0.15, 0.2) is 5.82 Å². The van der Waals surface area contributed by atoms with Gasteiger partial charge >= 0.3 is 0 Å². The summed E-state index contributed by atoms with van der Waals surface area (Å²) in [5.41, 5.74) is 0. The zero-order valence-electron chi connectivity index (χ0n) is 11.1. The van der Waals surface area contributed by atoms with Gasteiger partial charge < -0.3 is 4.52 Å². The summed E-state index contributed by atoms with van der Waals surface area (Å²) >= 11 is 1.76. The first-order valence-electron chi connectivity index (χ1n) is 5.82. The SMILES string of the molecule is CCC(=O)C(C)c1nc(CSC(C)(C)C)no1. The lowest BCUT2D eigenvalue weighted by Crippen LogP contribution is -2.09. The van der Waals surface area contributed by atoms with Crippen molar-refractivity contribution in [2.45, 2.75) is 57.5 Å². The van der Waals surface area contributed by atoms with E-state index in [0.717, 1.165) is 0 Å². The quantitative estimate of drug-likeness (QED) is 0.809. The van der Waals surface area contributed by atoms with E-state index in [4.69, 9.17) is 4.52 Å². The Morgan fingerprint density at radius 1 is 1.47 bits per heavy atom. The standard InChI is InChI=1S/C12H20N2O2S/c1-6-9(15)8(2)11-13-10(14-16-11)7-17-12(3,4)5/h8H,6-7H2,1-5H3. The van der Waals surface area contributed by atoms with Gasteiger partial charge in [0.2, 0.25) is 5.89 Å². The van der Waals surface area contributed by atoms with Crippen LogP contribution in [-0.2, 0) is 10.5 Å². The predicted octanol–water partition coefficient (Wildman–Crippen LogP) is 3.18. The van der Waals surface area contributed by atoms with Gasteiger partial charge in [0.05, 0.1) is 11.7 Å². The number of Topliss-reactive ketones (excluding diaryl/α,β-unsaturated/α-hetero) is 1. The molecule has 4 nitrogen and oxygen atoms in total. The van der Waals surface area contributed by atoms with Gasteiger partial charge in [-0.25, -0.2) is 0 Å². The summed E-state index contributed by atoms with van der Waals surface area (Å²) in [6.07, 6.45) is 0.496. The Morgan fingerprint density at radius 2 is 2.12 bits per heavy atom. The molecule has 5 heteroatoms. The van der Waals surface area contributed by atoms with E-state index in [0.29, 0.717) is 23.9 Å². The van der Waals surface area contributed by atoms with E-state index in [1.54, 1.807) is 18.7 Å². The molecule has 0 aliphatic carbocycles. The number of rotatable bonds is 5. The first-order valence-corrected chi connectivity index (χ1v) is 6.81. The Balaban J connectivity index is 2.62. The Kier molecular flexibility index (Phi) is 4.74. The van der Waals surface area contributed by atoms with Crippen LogP contribution in [0.4, 0.5) is 0 Å². The van der Waals surface area contributed by atoms with Gasteiger partial charge in [0.25, 0.3) is 0 Å². The highest BCUT2D eigenvalue weighted by Crippen LogP contribution is 2.26. The van der Waals surface area contributed by atoms with E-state index in [1.165, 1.54) is 0 Å². The first kappa shape index (κ1) is 14.2. The first-order chi connectivity index (χ1) is 7.83. The predicted molar refractivity (Wildman–Crippen MR) is 69.1 cm³/mol. The third-order valence-corrected chi connectivity index (χ3v) is 3.59. The van der Waals surface area contributed by atoms with Crippen LogP contribution in [0.25, 0.3) is 0 Å². The molecule has 0 aliphatic heterocycles. The monoisotopic (exact) mass is 256 g/mol.